The van der Waals surface area contributed by atoms with E-state index in [1.165, 1.54) is 134 Å². The number of hydrogen-bond donors (Lipinski definition) is 0. The molecule has 0 aliphatic heterocycles. The van der Waals surface area contributed by atoms with Crippen molar-refractivity contribution in [3.63, 3.8) is 0 Å². The lowest BCUT2D eigenvalue weighted by atomic mass is 9.86. The van der Waals surface area contributed by atoms with E-state index in [0.29, 0.717) is 36.2 Å². The molecule has 1 aromatic rings. The molecule has 5 rings (SSSR count). The van der Waals surface area contributed by atoms with Crippen LogP contribution in [-0.4, -0.2) is 59.0 Å². The van der Waals surface area contributed by atoms with Crippen LogP contribution in [0.5, 0.6) is 0 Å². The van der Waals surface area contributed by atoms with Crippen LogP contribution in [-0.2, 0) is 12.8 Å². The molecule has 6 heteroatoms. The largest absolute Gasteiger partial charge is 0.545 e. The molecule has 0 spiro atoms. The van der Waals surface area contributed by atoms with Crippen LogP contribution in [0.3, 0.4) is 0 Å². The number of carbonyl (C=O) groups excluding carboxylic acids is 2. The predicted octanol–water partition coefficient (Wildman–Crippen LogP) is 5.43. The summed E-state index contributed by atoms with van der Waals surface area (Å²) in [5.74, 6) is -2.81. The maximum absolute atomic E-state index is 12.6. The van der Waals surface area contributed by atoms with E-state index in [-0.39, 0.29) is 11.1 Å². The number of carboxylic acids is 2. The van der Waals surface area contributed by atoms with Gasteiger partial charge in [0.15, 0.2) is 0 Å². The van der Waals surface area contributed by atoms with E-state index in [9.17, 15) is 19.8 Å². The molecular formula is C36H54N2O4-2. The number of rotatable bonds is 12. The molecule has 4 saturated carbocycles. The van der Waals surface area contributed by atoms with Crippen molar-refractivity contribution in [3.8, 4) is 0 Å². The number of aromatic carboxylic acids is 2. The van der Waals surface area contributed by atoms with E-state index >= 15 is 0 Å². The van der Waals surface area contributed by atoms with E-state index in [0.717, 1.165) is 25.1 Å². The topological polar surface area (TPSA) is 86.7 Å². The lowest BCUT2D eigenvalue weighted by Crippen LogP contribution is -2.46. The van der Waals surface area contributed by atoms with E-state index in [4.69, 9.17) is 0 Å². The molecule has 0 atom stereocenters. The average Bonchev–Trinajstić information content (AvgIpc) is 3.03. The molecule has 234 valence electrons. The molecule has 0 aromatic heterocycles. The molecule has 42 heavy (non-hydrogen) atoms. The number of nitrogens with zero attached hydrogens (tertiary/aromatic N) is 2. The summed E-state index contributed by atoms with van der Waals surface area (Å²) < 4.78 is 0. The Morgan fingerprint density at radius 2 is 0.929 bits per heavy atom. The number of hydrogen-bond acceptors (Lipinski definition) is 6. The number of carboxylic acid groups (broad SMARTS) is 2. The first-order valence-corrected chi connectivity index (χ1v) is 17.6. The van der Waals surface area contributed by atoms with Crippen LogP contribution in [0.4, 0.5) is 0 Å². The Morgan fingerprint density at radius 3 is 1.29 bits per heavy atom. The van der Waals surface area contributed by atoms with Crippen LogP contribution < -0.4 is 10.2 Å². The quantitative estimate of drug-likeness (QED) is 0.329. The van der Waals surface area contributed by atoms with Crippen molar-refractivity contribution in [1.29, 1.82) is 0 Å². The van der Waals surface area contributed by atoms with E-state index in [2.05, 4.69) is 9.80 Å². The third kappa shape index (κ3) is 7.96. The summed E-state index contributed by atoms with van der Waals surface area (Å²) in [6.45, 7) is 1.70. The van der Waals surface area contributed by atoms with Crippen molar-refractivity contribution < 1.29 is 19.8 Å². The minimum absolute atomic E-state index is 0.137. The fraction of sp³-hybridized carbons (Fsp3) is 0.778. The van der Waals surface area contributed by atoms with Crippen molar-refractivity contribution in [1.82, 2.24) is 9.80 Å². The molecule has 0 bridgehead atoms. The van der Waals surface area contributed by atoms with E-state index in [1.807, 2.05) is 6.07 Å². The van der Waals surface area contributed by atoms with Gasteiger partial charge in [0.2, 0.25) is 0 Å². The lowest BCUT2D eigenvalue weighted by Gasteiger charge is -2.42. The maximum atomic E-state index is 12.6. The monoisotopic (exact) mass is 578 g/mol. The van der Waals surface area contributed by atoms with Crippen molar-refractivity contribution in [2.45, 2.75) is 165 Å². The second-order valence-corrected chi connectivity index (χ2v) is 13.8. The van der Waals surface area contributed by atoms with Crippen molar-refractivity contribution in [2.24, 2.45) is 0 Å². The third-order valence-electron chi connectivity index (χ3n) is 11.3. The minimum Gasteiger partial charge on any atom is -0.545 e. The summed E-state index contributed by atoms with van der Waals surface area (Å²) in [6.07, 6.45) is 26.7. The minimum atomic E-state index is -1.43. The highest BCUT2D eigenvalue weighted by molar-refractivity contribution is 6.01. The summed E-state index contributed by atoms with van der Waals surface area (Å²) in [6, 6.07) is 5.68. The number of benzene rings is 1. The molecule has 4 aliphatic rings. The molecule has 0 N–H and O–H groups in total. The lowest BCUT2D eigenvalue weighted by molar-refractivity contribution is -0.259. The molecule has 4 aliphatic carbocycles. The summed E-state index contributed by atoms with van der Waals surface area (Å²) >= 11 is 0. The standard InChI is InChI=1S/C36H56N2O4/c39-35(40)33-22-21-27(23-25-37(28-13-5-1-6-14-28)29-15-7-2-8-16-29)32(34(33)36(41)42)24-26-38(30-17-9-3-10-18-30)31-19-11-4-12-20-31/h21-22,28-31H,1-20,23-26H2,(H,39,40)(H,41,42)/p-2. The summed E-state index contributed by atoms with van der Waals surface area (Å²) in [5.41, 5.74) is 1.30. The molecule has 4 fully saturated rings. The van der Waals surface area contributed by atoms with Gasteiger partial charge in [-0.25, -0.2) is 0 Å². The van der Waals surface area contributed by atoms with Gasteiger partial charge in [-0.05, 0) is 75.3 Å². The van der Waals surface area contributed by atoms with Crippen molar-refractivity contribution in [3.05, 3.63) is 34.4 Å². The summed E-state index contributed by atoms with van der Waals surface area (Å²) in [5, 5.41) is 24.6. The fourth-order valence-corrected chi connectivity index (χ4v) is 9.08. The van der Waals surface area contributed by atoms with Crippen LogP contribution in [0.25, 0.3) is 0 Å². The van der Waals surface area contributed by atoms with Gasteiger partial charge in [0.25, 0.3) is 0 Å². The molecule has 6 nitrogen and oxygen atoms in total. The zero-order chi connectivity index (χ0) is 29.3. The molecule has 0 radical (unpaired) electrons. The zero-order valence-electron chi connectivity index (χ0n) is 26.0. The van der Waals surface area contributed by atoms with Gasteiger partial charge >= 0.3 is 0 Å². The van der Waals surface area contributed by atoms with Crippen LogP contribution in [0.2, 0.25) is 0 Å². The smallest absolute Gasteiger partial charge is 0.0724 e. The number of carbonyl (C=O) groups is 2. The van der Waals surface area contributed by atoms with E-state index in [1.54, 1.807) is 0 Å². The highest BCUT2D eigenvalue weighted by Gasteiger charge is 2.31. The van der Waals surface area contributed by atoms with Crippen LogP contribution in [0, 0.1) is 0 Å². The average molecular weight is 579 g/mol. The molecule has 0 unspecified atom stereocenters. The molecular weight excluding hydrogens is 524 g/mol. The maximum Gasteiger partial charge on any atom is 0.0724 e. The molecule has 1 aromatic carbocycles. The van der Waals surface area contributed by atoms with Gasteiger partial charge in [0, 0.05) is 48.4 Å². The second kappa shape index (κ2) is 15.7. The first kappa shape index (κ1) is 31.5. The Hall–Kier alpha value is -1.92. The Bertz CT molecular complexity index is 981. The van der Waals surface area contributed by atoms with Crippen molar-refractivity contribution >= 4 is 11.9 Å². The fourth-order valence-electron chi connectivity index (χ4n) is 9.08. The Morgan fingerprint density at radius 1 is 0.548 bits per heavy atom. The third-order valence-corrected chi connectivity index (χ3v) is 11.3. The Labute approximate surface area is 254 Å². The van der Waals surface area contributed by atoms with Gasteiger partial charge in [-0.1, -0.05) is 89.2 Å². The first-order chi connectivity index (χ1) is 20.5. The molecule has 0 amide bonds. The molecule has 0 saturated heterocycles. The van der Waals surface area contributed by atoms with Gasteiger partial charge in [-0.3, -0.25) is 9.80 Å². The highest BCUT2D eigenvalue weighted by atomic mass is 16.4. The predicted molar refractivity (Wildman–Crippen MR) is 163 cm³/mol. The summed E-state index contributed by atoms with van der Waals surface area (Å²) in [4.78, 5) is 30.1. The second-order valence-electron chi connectivity index (χ2n) is 13.8. The SMILES string of the molecule is O=C([O-])c1ccc(CCN(C2CCCCC2)C2CCCCC2)c(CCN(C2CCCCC2)C2CCCCC2)c1C(=O)[O-]. The van der Waals surface area contributed by atoms with Gasteiger partial charge in [0.05, 0.1) is 11.9 Å². The molecule has 0 heterocycles. The van der Waals surface area contributed by atoms with Crippen molar-refractivity contribution in [2.75, 3.05) is 13.1 Å². The van der Waals surface area contributed by atoms with E-state index < -0.39 is 11.9 Å². The Kier molecular flexibility index (Phi) is 11.8. The van der Waals surface area contributed by atoms with Crippen LogP contribution in [0.1, 0.15) is 160 Å². The normalized spacial score (nSPS) is 22.1. The van der Waals surface area contributed by atoms with Gasteiger partial charge < -0.3 is 19.8 Å². The van der Waals surface area contributed by atoms with Gasteiger partial charge in [-0.2, -0.15) is 0 Å². The van der Waals surface area contributed by atoms with Crippen LogP contribution >= 0.6 is 0 Å². The first-order valence-electron chi connectivity index (χ1n) is 17.6. The van der Waals surface area contributed by atoms with Crippen LogP contribution in [0.15, 0.2) is 12.1 Å². The van der Waals surface area contributed by atoms with Gasteiger partial charge in [-0.15, -0.1) is 0 Å². The highest BCUT2D eigenvalue weighted by Crippen LogP contribution is 2.33. The Balaban J connectivity index is 1.41. The zero-order valence-corrected chi connectivity index (χ0v) is 26.0. The summed E-state index contributed by atoms with van der Waals surface area (Å²) in [7, 11) is 0. The van der Waals surface area contributed by atoms with Gasteiger partial charge in [0.1, 0.15) is 0 Å².